The van der Waals surface area contributed by atoms with Gasteiger partial charge in [0, 0.05) is 11.7 Å². The quantitative estimate of drug-likeness (QED) is 0.926. The van der Waals surface area contributed by atoms with Crippen LogP contribution in [-0.2, 0) is 6.54 Å². The standard InChI is InChI=1S/C21H26N2O2/c1-15-13-16(2)23(14-17-9-5-3-6-10-17)21(25)19(15)20(24)22-18-11-7-4-8-12-18/h3,5-6,9-10,13,18H,4,7-8,11-12,14H2,1-2H3,(H,22,24). The fraction of sp³-hybridized carbons (Fsp3) is 0.429. The van der Waals surface area contributed by atoms with Gasteiger partial charge in [0.15, 0.2) is 0 Å². The lowest BCUT2D eigenvalue weighted by Gasteiger charge is -2.23. The van der Waals surface area contributed by atoms with Crippen LogP contribution < -0.4 is 10.9 Å². The normalized spacial score (nSPS) is 15.1. The van der Waals surface area contributed by atoms with Gasteiger partial charge in [-0.1, -0.05) is 49.6 Å². The third kappa shape index (κ3) is 4.01. The molecule has 4 nitrogen and oxygen atoms in total. The van der Waals surface area contributed by atoms with Crippen molar-refractivity contribution in [3.63, 3.8) is 0 Å². The average Bonchev–Trinajstić information content (AvgIpc) is 2.60. The third-order valence-corrected chi connectivity index (χ3v) is 5.06. The van der Waals surface area contributed by atoms with E-state index in [9.17, 15) is 9.59 Å². The number of carbonyl (C=O) groups is 1. The first kappa shape index (κ1) is 17.5. The van der Waals surface area contributed by atoms with Crippen LogP contribution in [0.2, 0.25) is 0 Å². The Labute approximate surface area is 148 Å². The van der Waals surface area contributed by atoms with Crippen LogP contribution >= 0.6 is 0 Å². The Bertz CT molecular complexity index is 803. The number of nitrogens with one attached hydrogen (secondary N) is 1. The number of carbonyl (C=O) groups excluding carboxylic acids is 1. The summed E-state index contributed by atoms with van der Waals surface area (Å²) in [6.07, 6.45) is 5.55. The zero-order valence-electron chi connectivity index (χ0n) is 15.0. The Hall–Kier alpha value is -2.36. The molecule has 0 aliphatic heterocycles. The SMILES string of the molecule is Cc1cc(C)n(Cc2ccccc2)c(=O)c1C(=O)NC1CCCCC1. The Kier molecular flexibility index (Phi) is 5.37. The van der Waals surface area contributed by atoms with E-state index in [2.05, 4.69) is 5.32 Å². The lowest BCUT2D eigenvalue weighted by atomic mass is 9.95. The summed E-state index contributed by atoms with van der Waals surface area (Å²) in [5.74, 6) is -0.226. The van der Waals surface area contributed by atoms with Crippen molar-refractivity contribution in [1.82, 2.24) is 9.88 Å². The molecule has 0 spiro atoms. The van der Waals surface area contributed by atoms with E-state index < -0.39 is 0 Å². The second kappa shape index (κ2) is 7.68. The molecule has 0 atom stereocenters. The third-order valence-electron chi connectivity index (χ3n) is 5.06. The molecule has 1 amide bonds. The van der Waals surface area contributed by atoms with E-state index in [4.69, 9.17) is 0 Å². The minimum atomic E-state index is -0.226. The fourth-order valence-corrected chi connectivity index (χ4v) is 3.67. The van der Waals surface area contributed by atoms with Gasteiger partial charge in [-0.15, -0.1) is 0 Å². The first-order valence-corrected chi connectivity index (χ1v) is 9.12. The van der Waals surface area contributed by atoms with E-state index >= 15 is 0 Å². The molecule has 0 radical (unpaired) electrons. The van der Waals surface area contributed by atoms with Gasteiger partial charge in [-0.05, 0) is 43.9 Å². The molecular formula is C21H26N2O2. The molecule has 0 bridgehead atoms. The maximum Gasteiger partial charge on any atom is 0.264 e. The zero-order valence-corrected chi connectivity index (χ0v) is 15.0. The van der Waals surface area contributed by atoms with E-state index in [0.29, 0.717) is 6.54 Å². The van der Waals surface area contributed by atoms with Gasteiger partial charge in [-0.3, -0.25) is 9.59 Å². The number of benzene rings is 1. The molecule has 1 fully saturated rings. The maximum atomic E-state index is 13.0. The molecule has 132 valence electrons. The predicted molar refractivity (Wildman–Crippen MR) is 100 cm³/mol. The molecule has 4 heteroatoms. The highest BCUT2D eigenvalue weighted by Gasteiger charge is 2.21. The van der Waals surface area contributed by atoms with Gasteiger partial charge < -0.3 is 9.88 Å². The van der Waals surface area contributed by atoms with Crippen LogP contribution in [0.5, 0.6) is 0 Å². The summed E-state index contributed by atoms with van der Waals surface area (Å²) < 4.78 is 1.69. The van der Waals surface area contributed by atoms with Crippen molar-refractivity contribution in [3.05, 3.63) is 69.1 Å². The van der Waals surface area contributed by atoms with Crippen LogP contribution in [0.15, 0.2) is 41.2 Å². The molecule has 0 saturated heterocycles. The monoisotopic (exact) mass is 338 g/mol. The van der Waals surface area contributed by atoms with Gasteiger partial charge in [0.1, 0.15) is 5.56 Å². The topological polar surface area (TPSA) is 51.1 Å². The first-order valence-electron chi connectivity index (χ1n) is 9.12. The predicted octanol–water partition coefficient (Wildman–Crippen LogP) is 3.58. The summed E-state index contributed by atoms with van der Waals surface area (Å²) in [5, 5.41) is 3.08. The van der Waals surface area contributed by atoms with Crippen LogP contribution in [0.1, 0.15) is 59.3 Å². The second-order valence-electron chi connectivity index (χ2n) is 7.03. The van der Waals surface area contributed by atoms with E-state index in [1.807, 2.05) is 50.2 Å². The molecule has 2 aromatic rings. The molecule has 1 aromatic heterocycles. The number of aryl methyl sites for hydroxylation is 2. The van der Waals surface area contributed by atoms with Gasteiger partial charge in [0.25, 0.3) is 11.5 Å². The van der Waals surface area contributed by atoms with E-state index in [1.165, 1.54) is 6.42 Å². The van der Waals surface area contributed by atoms with Crippen LogP contribution in [0, 0.1) is 13.8 Å². The lowest BCUT2D eigenvalue weighted by Crippen LogP contribution is -2.41. The highest BCUT2D eigenvalue weighted by atomic mass is 16.2. The van der Waals surface area contributed by atoms with Crippen LogP contribution in [-0.4, -0.2) is 16.5 Å². The minimum absolute atomic E-state index is 0.198. The van der Waals surface area contributed by atoms with Crippen molar-refractivity contribution >= 4 is 5.91 Å². The zero-order chi connectivity index (χ0) is 17.8. The molecule has 1 saturated carbocycles. The van der Waals surface area contributed by atoms with Crippen molar-refractivity contribution in [2.75, 3.05) is 0 Å². The molecule has 1 aliphatic carbocycles. The number of amides is 1. The Morgan fingerprint density at radius 2 is 1.80 bits per heavy atom. The van der Waals surface area contributed by atoms with Gasteiger partial charge in [0.2, 0.25) is 0 Å². The molecule has 3 rings (SSSR count). The molecule has 0 unspecified atom stereocenters. The highest BCUT2D eigenvalue weighted by Crippen LogP contribution is 2.18. The number of nitrogens with zero attached hydrogens (tertiary/aromatic N) is 1. The summed E-state index contributed by atoms with van der Waals surface area (Å²) in [4.78, 5) is 25.7. The number of hydrogen-bond donors (Lipinski definition) is 1. The average molecular weight is 338 g/mol. The minimum Gasteiger partial charge on any atom is -0.349 e. The lowest BCUT2D eigenvalue weighted by molar-refractivity contribution is 0.0925. The van der Waals surface area contributed by atoms with Crippen molar-refractivity contribution in [3.8, 4) is 0 Å². The Morgan fingerprint density at radius 1 is 1.12 bits per heavy atom. The van der Waals surface area contributed by atoms with Gasteiger partial charge >= 0.3 is 0 Å². The summed E-state index contributed by atoms with van der Waals surface area (Å²) in [6.45, 7) is 4.24. The van der Waals surface area contributed by atoms with E-state index in [0.717, 1.165) is 42.5 Å². The van der Waals surface area contributed by atoms with Crippen LogP contribution in [0.4, 0.5) is 0 Å². The summed E-state index contributed by atoms with van der Waals surface area (Å²) in [6, 6.07) is 12.0. The van der Waals surface area contributed by atoms with Gasteiger partial charge in [-0.25, -0.2) is 0 Å². The first-order chi connectivity index (χ1) is 12.1. The molecule has 1 N–H and O–H groups in total. The molecule has 1 aromatic carbocycles. The number of rotatable bonds is 4. The van der Waals surface area contributed by atoms with Gasteiger partial charge in [0.05, 0.1) is 6.54 Å². The van der Waals surface area contributed by atoms with Gasteiger partial charge in [-0.2, -0.15) is 0 Å². The van der Waals surface area contributed by atoms with Crippen molar-refractivity contribution in [2.45, 2.75) is 58.5 Å². The van der Waals surface area contributed by atoms with Crippen LogP contribution in [0.3, 0.4) is 0 Å². The summed E-state index contributed by atoms with van der Waals surface area (Å²) in [5.41, 5.74) is 2.76. The molecule has 25 heavy (non-hydrogen) atoms. The Balaban J connectivity index is 1.89. The largest absolute Gasteiger partial charge is 0.349 e. The highest BCUT2D eigenvalue weighted by molar-refractivity contribution is 5.95. The molecular weight excluding hydrogens is 312 g/mol. The maximum absolute atomic E-state index is 13.0. The number of aromatic nitrogens is 1. The fourth-order valence-electron chi connectivity index (χ4n) is 3.67. The summed E-state index contributed by atoms with van der Waals surface area (Å²) >= 11 is 0. The second-order valence-corrected chi connectivity index (χ2v) is 7.03. The van der Waals surface area contributed by atoms with Crippen molar-refractivity contribution < 1.29 is 4.79 Å². The van der Waals surface area contributed by atoms with E-state index in [-0.39, 0.29) is 23.1 Å². The molecule has 1 heterocycles. The van der Waals surface area contributed by atoms with E-state index in [1.54, 1.807) is 4.57 Å². The molecule has 1 aliphatic rings. The summed E-state index contributed by atoms with van der Waals surface area (Å²) in [7, 11) is 0. The van der Waals surface area contributed by atoms with Crippen LogP contribution in [0.25, 0.3) is 0 Å². The number of pyridine rings is 1. The van der Waals surface area contributed by atoms with Crippen molar-refractivity contribution in [1.29, 1.82) is 0 Å². The smallest absolute Gasteiger partial charge is 0.264 e. The number of hydrogen-bond acceptors (Lipinski definition) is 2. The Morgan fingerprint density at radius 3 is 2.48 bits per heavy atom. The van der Waals surface area contributed by atoms with Crippen molar-refractivity contribution in [2.24, 2.45) is 0 Å².